The smallest absolute Gasteiger partial charge is 0.339 e. The molecule has 1 heterocycles. The molecule has 7 nitrogen and oxygen atoms in total. The number of hydrogen-bond donors (Lipinski definition) is 2. The summed E-state index contributed by atoms with van der Waals surface area (Å²) in [5, 5.41) is 5.45. The molecule has 0 aliphatic rings. The van der Waals surface area contributed by atoms with Crippen LogP contribution in [0.3, 0.4) is 0 Å². The van der Waals surface area contributed by atoms with Crippen LogP contribution in [0.4, 0.5) is 11.4 Å². The molecule has 0 aliphatic heterocycles. The highest BCUT2D eigenvalue weighted by atomic mass is 127. The number of carbonyl (C=O) groups excluding carboxylic acids is 3. The molecule has 0 bridgehead atoms. The largest absolute Gasteiger partial charge is 0.465 e. The van der Waals surface area contributed by atoms with E-state index in [4.69, 9.17) is 4.74 Å². The van der Waals surface area contributed by atoms with Crippen LogP contribution in [0.25, 0.3) is 0 Å². The number of nitrogens with zero attached hydrogens (tertiary/aromatic N) is 1. The molecule has 29 heavy (non-hydrogen) atoms. The molecule has 3 rings (SSSR count). The van der Waals surface area contributed by atoms with Crippen molar-refractivity contribution in [1.29, 1.82) is 0 Å². The molecule has 0 aliphatic carbocycles. The second-order valence-electron chi connectivity index (χ2n) is 5.88. The number of halogens is 1. The Morgan fingerprint density at radius 2 is 1.62 bits per heavy atom. The predicted octanol–water partition coefficient (Wildman–Crippen LogP) is 3.98. The molecular formula is C21H16IN3O4. The fourth-order valence-corrected chi connectivity index (χ4v) is 3.07. The van der Waals surface area contributed by atoms with Gasteiger partial charge in [0.1, 0.15) is 0 Å². The van der Waals surface area contributed by atoms with Gasteiger partial charge in [-0.25, -0.2) is 4.79 Å². The number of methoxy groups -OCH3 is 1. The third-order valence-electron chi connectivity index (χ3n) is 3.98. The van der Waals surface area contributed by atoms with Crippen molar-refractivity contribution in [2.45, 2.75) is 0 Å². The number of anilines is 2. The quantitative estimate of drug-likeness (QED) is 0.408. The van der Waals surface area contributed by atoms with E-state index in [0.29, 0.717) is 16.9 Å². The van der Waals surface area contributed by atoms with Gasteiger partial charge in [0.2, 0.25) is 0 Å². The molecule has 0 unspecified atom stereocenters. The summed E-state index contributed by atoms with van der Waals surface area (Å²) in [5.74, 6) is -1.42. The molecule has 1 aromatic heterocycles. The van der Waals surface area contributed by atoms with Gasteiger partial charge in [-0.3, -0.25) is 14.6 Å². The fraction of sp³-hybridized carbons (Fsp3) is 0.0476. The topological polar surface area (TPSA) is 97.4 Å². The van der Waals surface area contributed by atoms with Crippen molar-refractivity contribution >= 4 is 51.7 Å². The second kappa shape index (κ2) is 9.28. The van der Waals surface area contributed by atoms with Crippen LogP contribution in [0.5, 0.6) is 0 Å². The van der Waals surface area contributed by atoms with Gasteiger partial charge in [0.15, 0.2) is 0 Å². The molecule has 0 radical (unpaired) electrons. The van der Waals surface area contributed by atoms with Gasteiger partial charge < -0.3 is 15.4 Å². The van der Waals surface area contributed by atoms with Crippen molar-refractivity contribution in [2.75, 3.05) is 17.7 Å². The Kier molecular flexibility index (Phi) is 6.55. The van der Waals surface area contributed by atoms with Crippen LogP contribution in [0.1, 0.15) is 31.1 Å². The highest BCUT2D eigenvalue weighted by molar-refractivity contribution is 14.1. The number of amides is 2. The van der Waals surface area contributed by atoms with E-state index in [9.17, 15) is 14.4 Å². The van der Waals surface area contributed by atoms with Gasteiger partial charge >= 0.3 is 5.97 Å². The van der Waals surface area contributed by atoms with Gasteiger partial charge in [-0.15, -0.1) is 0 Å². The first-order valence-electron chi connectivity index (χ1n) is 8.49. The van der Waals surface area contributed by atoms with Crippen molar-refractivity contribution < 1.29 is 19.1 Å². The third kappa shape index (κ3) is 4.96. The molecule has 0 fully saturated rings. The number of pyridine rings is 1. The van der Waals surface area contributed by atoms with E-state index in [1.165, 1.54) is 13.3 Å². The average Bonchev–Trinajstić information content (AvgIpc) is 2.75. The van der Waals surface area contributed by atoms with Crippen molar-refractivity contribution in [3.05, 3.63) is 87.3 Å². The zero-order valence-corrected chi connectivity index (χ0v) is 17.5. The SMILES string of the molecule is COC(=O)c1ccccc1NC(=O)c1cc(I)ccc1NC(=O)c1cccnc1. The number of carbonyl (C=O) groups is 3. The maximum atomic E-state index is 12.9. The van der Waals surface area contributed by atoms with Crippen LogP contribution >= 0.6 is 22.6 Å². The second-order valence-corrected chi connectivity index (χ2v) is 7.12. The Hall–Kier alpha value is -3.27. The van der Waals surface area contributed by atoms with Gasteiger partial charge in [-0.1, -0.05) is 12.1 Å². The number of para-hydroxylation sites is 1. The Balaban J connectivity index is 1.89. The first kappa shape index (κ1) is 20.5. The van der Waals surface area contributed by atoms with Gasteiger partial charge in [-0.05, 0) is 65.1 Å². The van der Waals surface area contributed by atoms with Crippen LogP contribution in [0.15, 0.2) is 67.0 Å². The highest BCUT2D eigenvalue weighted by Gasteiger charge is 2.18. The molecule has 146 valence electrons. The van der Waals surface area contributed by atoms with Crippen LogP contribution < -0.4 is 10.6 Å². The van der Waals surface area contributed by atoms with Crippen LogP contribution in [0.2, 0.25) is 0 Å². The summed E-state index contributed by atoms with van der Waals surface area (Å²) in [6.45, 7) is 0. The van der Waals surface area contributed by atoms with Crippen LogP contribution in [-0.2, 0) is 4.74 Å². The Bertz CT molecular complexity index is 1070. The number of nitrogens with one attached hydrogen (secondary N) is 2. The zero-order chi connectivity index (χ0) is 20.8. The molecule has 0 saturated carbocycles. The lowest BCUT2D eigenvalue weighted by Gasteiger charge is -2.13. The molecule has 0 atom stereocenters. The van der Waals surface area contributed by atoms with Gasteiger partial charge in [0, 0.05) is 16.0 Å². The number of ether oxygens (including phenoxy) is 1. The summed E-state index contributed by atoms with van der Waals surface area (Å²) in [7, 11) is 1.27. The highest BCUT2D eigenvalue weighted by Crippen LogP contribution is 2.23. The summed E-state index contributed by atoms with van der Waals surface area (Å²) >= 11 is 2.08. The maximum absolute atomic E-state index is 12.9. The Morgan fingerprint density at radius 1 is 0.897 bits per heavy atom. The van der Waals surface area contributed by atoms with Crippen molar-refractivity contribution in [3.8, 4) is 0 Å². The number of aromatic nitrogens is 1. The van der Waals surface area contributed by atoms with Crippen molar-refractivity contribution in [2.24, 2.45) is 0 Å². The average molecular weight is 501 g/mol. The van der Waals surface area contributed by atoms with Crippen molar-refractivity contribution in [1.82, 2.24) is 4.98 Å². The number of rotatable bonds is 5. The molecule has 0 saturated heterocycles. The maximum Gasteiger partial charge on any atom is 0.339 e. The number of benzene rings is 2. The molecule has 3 aromatic rings. The lowest BCUT2D eigenvalue weighted by molar-refractivity contribution is 0.0602. The third-order valence-corrected chi connectivity index (χ3v) is 4.65. The molecule has 2 amide bonds. The summed E-state index contributed by atoms with van der Waals surface area (Å²) < 4.78 is 5.57. The number of esters is 1. The van der Waals surface area contributed by atoms with Crippen LogP contribution in [-0.4, -0.2) is 29.9 Å². The Morgan fingerprint density at radius 3 is 2.34 bits per heavy atom. The Labute approximate surface area is 180 Å². The van der Waals surface area contributed by atoms with Gasteiger partial charge in [0.25, 0.3) is 11.8 Å². The predicted molar refractivity (Wildman–Crippen MR) is 117 cm³/mol. The van der Waals surface area contributed by atoms with Crippen molar-refractivity contribution in [3.63, 3.8) is 0 Å². The van der Waals surface area contributed by atoms with E-state index in [0.717, 1.165) is 3.57 Å². The monoisotopic (exact) mass is 501 g/mol. The van der Waals surface area contributed by atoms with Gasteiger partial charge in [-0.2, -0.15) is 0 Å². The normalized spacial score (nSPS) is 10.1. The first-order valence-corrected chi connectivity index (χ1v) is 9.57. The molecule has 8 heteroatoms. The lowest BCUT2D eigenvalue weighted by atomic mass is 10.1. The summed E-state index contributed by atoms with van der Waals surface area (Å²) in [5.41, 5.74) is 1.51. The minimum atomic E-state index is -0.561. The van der Waals surface area contributed by atoms with Gasteiger partial charge in [0.05, 0.1) is 35.2 Å². The number of hydrogen-bond acceptors (Lipinski definition) is 5. The lowest BCUT2D eigenvalue weighted by Crippen LogP contribution is -2.19. The minimum Gasteiger partial charge on any atom is -0.465 e. The summed E-state index contributed by atoms with van der Waals surface area (Å²) in [6.07, 6.45) is 3.01. The molecular weight excluding hydrogens is 485 g/mol. The summed E-state index contributed by atoms with van der Waals surface area (Å²) in [6, 6.07) is 14.9. The van der Waals surface area contributed by atoms with E-state index >= 15 is 0 Å². The zero-order valence-electron chi connectivity index (χ0n) is 15.3. The minimum absolute atomic E-state index is 0.231. The van der Waals surface area contributed by atoms with E-state index < -0.39 is 11.9 Å². The van der Waals surface area contributed by atoms with E-state index in [-0.39, 0.29) is 17.0 Å². The van der Waals surface area contributed by atoms with E-state index in [1.54, 1.807) is 60.8 Å². The standard InChI is InChI=1S/C21H16IN3O4/c1-29-21(28)15-6-2-3-7-17(15)25-20(27)16-11-14(22)8-9-18(16)24-19(26)13-5-4-10-23-12-13/h2-12H,1H3,(H,24,26)(H,25,27). The van der Waals surface area contributed by atoms with Crippen LogP contribution in [0, 0.1) is 3.57 Å². The van der Waals surface area contributed by atoms with E-state index in [1.807, 2.05) is 0 Å². The fourth-order valence-electron chi connectivity index (χ4n) is 2.57. The first-order chi connectivity index (χ1) is 14.0. The molecule has 0 spiro atoms. The molecule has 2 aromatic carbocycles. The van der Waals surface area contributed by atoms with E-state index in [2.05, 4.69) is 38.2 Å². The summed E-state index contributed by atoms with van der Waals surface area (Å²) in [4.78, 5) is 41.3. The molecule has 2 N–H and O–H groups in total.